The van der Waals surface area contributed by atoms with E-state index >= 15 is 0 Å². The van der Waals surface area contributed by atoms with Crippen molar-refractivity contribution in [2.45, 2.75) is 13.5 Å². The summed E-state index contributed by atoms with van der Waals surface area (Å²) in [4.78, 5) is 17.4. The predicted octanol–water partition coefficient (Wildman–Crippen LogP) is 1.62. The Kier molecular flexibility index (Phi) is 2.31. The third-order valence-electron chi connectivity index (χ3n) is 2.33. The van der Waals surface area contributed by atoms with Crippen molar-refractivity contribution >= 4 is 17.8 Å². The van der Waals surface area contributed by atoms with Crippen molar-refractivity contribution in [2.24, 2.45) is 4.99 Å². The van der Waals surface area contributed by atoms with E-state index in [4.69, 9.17) is 0 Å². The van der Waals surface area contributed by atoms with Crippen LogP contribution in [-0.2, 0) is 11.3 Å². The molecule has 1 heterocycles. The molecule has 0 bridgehead atoms. The molecule has 0 aromatic heterocycles. The van der Waals surface area contributed by atoms with Crippen LogP contribution >= 0.6 is 0 Å². The van der Waals surface area contributed by atoms with E-state index in [0.29, 0.717) is 13.1 Å². The number of carbonyl (C=O) groups excluding carboxylic acids is 1. The summed E-state index contributed by atoms with van der Waals surface area (Å²) in [5.74, 6) is -0.0301. The molecule has 0 fully saturated rings. The molecule has 0 N–H and O–H groups in total. The normalized spacial score (nSPS) is 15.2. The second-order valence-corrected chi connectivity index (χ2v) is 3.18. The van der Waals surface area contributed by atoms with Crippen LogP contribution in [0.5, 0.6) is 0 Å². The van der Waals surface area contributed by atoms with Gasteiger partial charge in [0.2, 0.25) is 0 Å². The Labute approximate surface area is 83.1 Å². The smallest absolute Gasteiger partial charge is 0.268 e. The third-order valence-corrected chi connectivity index (χ3v) is 2.33. The molecule has 0 radical (unpaired) electrons. The highest BCUT2D eigenvalue weighted by Gasteiger charge is 2.17. The molecule has 0 aliphatic carbocycles. The number of hydrogen-bond donors (Lipinski definition) is 0. The second-order valence-electron chi connectivity index (χ2n) is 3.18. The minimum absolute atomic E-state index is 0.0301. The standard InChI is InChI=1S/C11H12N2O/c1-2-13-10-6-4-3-5-9(10)7-12-8-11(13)14/h3-6,8H,2,7H2,1H3. The Morgan fingerprint density at radius 3 is 3.00 bits per heavy atom. The van der Waals surface area contributed by atoms with E-state index in [1.807, 2.05) is 31.2 Å². The summed E-state index contributed by atoms with van der Waals surface area (Å²) in [6.45, 7) is 3.24. The number of hydrogen-bond acceptors (Lipinski definition) is 2. The van der Waals surface area contributed by atoms with Gasteiger partial charge in [-0.25, -0.2) is 0 Å². The predicted molar refractivity (Wildman–Crippen MR) is 56.7 cm³/mol. The van der Waals surface area contributed by atoms with Crippen molar-refractivity contribution in [2.75, 3.05) is 11.4 Å². The Balaban J connectivity index is 2.50. The molecule has 1 aliphatic heterocycles. The number of nitrogens with zero attached hydrogens (tertiary/aromatic N) is 2. The number of carbonyl (C=O) groups is 1. The second kappa shape index (κ2) is 3.62. The van der Waals surface area contributed by atoms with E-state index in [0.717, 1.165) is 11.3 Å². The fourth-order valence-corrected chi connectivity index (χ4v) is 1.64. The first-order valence-electron chi connectivity index (χ1n) is 4.72. The van der Waals surface area contributed by atoms with Gasteiger partial charge in [-0.05, 0) is 18.6 Å². The van der Waals surface area contributed by atoms with Gasteiger partial charge >= 0.3 is 0 Å². The van der Waals surface area contributed by atoms with Gasteiger partial charge in [-0.3, -0.25) is 9.79 Å². The van der Waals surface area contributed by atoms with Gasteiger partial charge in [0.25, 0.3) is 5.91 Å². The molecular weight excluding hydrogens is 176 g/mol. The Hall–Kier alpha value is -1.64. The number of rotatable bonds is 1. The van der Waals surface area contributed by atoms with E-state index in [-0.39, 0.29) is 5.91 Å². The average Bonchev–Trinajstić information content (AvgIpc) is 2.36. The number of fused-ring (bicyclic) bond motifs is 1. The van der Waals surface area contributed by atoms with Gasteiger partial charge in [0.1, 0.15) is 0 Å². The molecule has 1 aromatic carbocycles. The lowest BCUT2D eigenvalue weighted by atomic mass is 10.1. The zero-order valence-electron chi connectivity index (χ0n) is 8.10. The SMILES string of the molecule is CCN1C(=O)C=NCc2ccccc21. The summed E-state index contributed by atoms with van der Waals surface area (Å²) in [5, 5.41) is 0. The van der Waals surface area contributed by atoms with Crippen molar-refractivity contribution in [3.05, 3.63) is 29.8 Å². The van der Waals surface area contributed by atoms with E-state index in [2.05, 4.69) is 4.99 Å². The summed E-state index contributed by atoms with van der Waals surface area (Å²) >= 11 is 0. The van der Waals surface area contributed by atoms with E-state index in [1.165, 1.54) is 6.21 Å². The molecule has 1 aromatic rings. The highest BCUT2D eigenvalue weighted by molar-refractivity contribution is 6.33. The minimum Gasteiger partial charge on any atom is -0.308 e. The molecule has 0 atom stereocenters. The lowest BCUT2D eigenvalue weighted by molar-refractivity contribution is -0.112. The molecule has 0 unspecified atom stereocenters. The van der Waals surface area contributed by atoms with Crippen molar-refractivity contribution in [1.29, 1.82) is 0 Å². The van der Waals surface area contributed by atoms with E-state index in [1.54, 1.807) is 4.90 Å². The van der Waals surface area contributed by atoms with Crippen molar-refractivity contribution < 1.29 is 4.79 Å². The molecule has 3 nitrogen and oxygen atoms in total. The Bertz CT molecular complexity index is 385. The van der Waals surface area contributed by atoms with Crippen molar-refractivity contribution in [1.82, 2.24) is 0 Å². The number of amides is 1. The van der Waals surface area contributed by atoms with Gasteiger partial charge in [0.15, 0.2) is 0 Å². The summed E-state index contributed by atoms with van der Waals surface area (Å²) in [5.41, 5.74) is 2.09. The molecule has 2 rings (SSSR count). The van der Waals surface area contributed by atoms with Crippen LogP contribution in [0.2, 0.25) is 0 Å². The maximum Gasteiger partial charge on any atom is 0.268 e. The molecular formula is C11H12N2O. The fourth-order valence-electron chi connectivity index (χ4n) is 1.64. The number of benzene rings is 1. The lowest BCUT2D eigenvalue weighted by Gasteiger charge is -2.19. The maximum atomic E-state index is 11.6. The first-order valence-corrected chi connectivity index (χ1v) is 4.72. The first kappa shape index (κ1) is 8.94. The van der Waals surface area contributed by atoms with E-state index < -0.39 is 0 Å². The molecule has 0 spiro atoms. The van der Waals surface area contributed by atoms with Crippen molar-refractivity contribution in [3.8, 4) is 0 Å². The van der Waals surface area contributed by atoms with Crippen LogP contribution in [0.4, 0.5) is 5.69 Å². The van der Waals surface area contributed by atoms with E-state index in [9.17, 15) is 4.79 Å². The van der Waals surface area contributed by atoms with Gasteiger partial charge in [-0.15, -0.1) is 0 Å². The molecule has 0 saturated heterocycles. The number of aliphatic imine (C=N–C) groups is 1. The van der Waals surface area contributed by atoms with Crippen molar-refractivity contribution in [3.63, 3.8) is 0 Å². The number of para-hydroxylation sites is 1. The van der Waals surface area contributed by atoms with Gasteiger partial charge in [0.05, 0.1) is 12.8 Å². The van der Waals surface area contributed by atoms with Gasteiger partial charge < -0.3 is 4.90 Å². The van der Waals surface area contributed by atoms with Crippen LogP contribution in [0.3, 0.4) is 0 Å². The molecule has 1 aliphatic rings. The van der Waals surface area contributed by atoms with Crippen LogP contribution in [0, 0.1) is 0 Å². The molecule has 3 heteroatoms. The highest BCUT2D eigenvalue weighted by Crippen LogP contribution is 2.22. The highest BCUT2D eigenvalue weighted by atomic mass is 16.2. The molecule has 1 amide bonds. The van der Waals surface area contributed by atoms with Gasteiger partial charge in [-0.2, -0.15) is 0 Å². The van der Waals surface area contributed by atoms with Gasteiger partial charge in [-0.1, -0.05) is 18.2 Å². The van der Waals surface area contributed by atoms with Gasteiger partial charge in [0, 0.05) is 12.2 Å². The summed E-state index contributed by atoms with van der Waals surface area (Å²) < 4.78 is 0. The Morgan fingerprint density at radius 1 is 1.43 bits per heavy atom. The topological polar surface area (TPSA) is 32.7 Å². The Morgan fingerprint density at radius 2 is 2.21 bits per heavy atom. The monoisotopic (exact) mass is 188 g/mol. The number of anilines is 1. The summed E-state index contributed by atoms with van der Waals surface area (Å²) in [7, 11) is 0. The third kappa shape index (κ3) is 1.41. The maximum absolute atomic E-state index is 11.6. The minimum atomic E-state index is -0.0301. The lowest BCUT2D eigenvalue weighted by Crippen LogP contribution is -2.31. The molecule has 14 heavy (non-hydrogen) atoms. The zero-order valence-corrected chi connectivity index (χ0v) is 8.10. The van der Waals surface area contributed by atoms with Crippen LogP contribution < -0.4 is 4.90 Å². The fraction of sp³-hybridized carbons (Fsp3) is 0.273. The molecule has 72 valence electrons. The first-order chi connectivity index (χ1) is 6.83. The zero-order chi connectivity index (χ0) is 9.97. The van der Waals surface area contributed by atoms with Crippen LogP contribution in [0.15, 0.2) is 29.3 Å². The quantitative estimate of drug-likeness (QED) is 0.659. The largest absolute Gasteiger partial charge is 0.308 e. The summed E-state index contributed by atoms with van der Waals surface area (Å²) in [6, 6.07) is 7.89. The van der Waals surface area contributed by atoms with Crippen LogP contribution in [0.1, 0.15) is 12.5 Å². The summed E-state index contributed by atoms with van der Waals surface area (Å²) in [6.07, 6.45) is 1.41. The molecule has 0 saturated carbocycles. The van der Waals surface area contributed by atoms with Crippen LogP contribution in [0.25, 0.3) is 0 Å². The van der Waals surface area contributed by atoms with Crippen LogP contribution in [-0.4, -0.2) is 18.7 Å². The average molecular weight is 188 g/mol.